The Hall–Kier alpha value is -4.22. The van der Waals surface area contributed by atoms with Crippen molar-refractivity contribution in [2.45, 2.75) is 58.3 Å². The van der Waals surface area contributed by atoms with E-state index in [1.165, 1.54) is 19.2 Å². The second kappa shape index (κ2) is 18.4. The van der Waals surface area contributed by atoms with Crippen LogP contribution in [0, 0.1) is 11.7 Å². The van der Waals surface area contributed by atoms with Crippen molar-refractivity contribution in [2.24, 2.45) is 5.92 Å². The van der Waals surface area contributed by atoms with Crippen LogP contribution < -0.4 is 10.6 Å². The molecule has 0 bridgehead atoms. The molecule has 0 saturated heterocycles. The summed E-state index contributed by atoms with van der Waals surface area (Å²) in [5, 5.41) is 8.33. The summed E-state index contributed by atoms with van der Waals surface area (Å²) in [7, 11) is 1.32. The lowest BCUT2D eigenvalue weighted by Gasteiger charge is -2.32. The second-order valence-corrected chi connectivity index (χ2v) is 13.1. The van der Waals surface area contributed by atoms with Crippen molar-refractivity contribution >= 4 is 40.3 Å². The van der Waals surface area contributed by atoms with Crippen molar-refractivity contribution in [3.8, 4) is 0 Å². The van der Waals surface area contributed by atoms with Crippen LogP contribution in [0.2, 0.25) is 0 Å². The van der Waals surface area contributed by atoms with Gasteiger partial charge in [-0.3, -0.25) is 14.5 Å². The van der Waals surface area contributed by atoms with Gasteiger partial charge >= 0.3 is 5.97 Å². The topological polar surface area (TPSA) is 106 Å². The van der Waals surface area contributed by atoms with Gasteiger partial charge in [-0.15, -0.1) is 0 Å². The van der Waals surface area contributed by atoms with E-state index in [1.54, 1.807) is 36.4 Å². The first kappa shape index (κ1) is 36.6. The number of aromatic nitrogens is 2. The number of nitrogens with one attached hydrogen (secondary N) is 2. The number of thioether (sulfide) groups is 1. The van der Waals surface area contributed by atoms with Crippen LogP contribution in [0.1, 0.15) is 43.5 Å². The number of nitrogens with zero attached hydrogens (tertiary/aromatic N) is 3. The zero-order valence-corrected chi connectivity index (χ0v) is 29.0. The fraction of sp³-hybridized carbons (Fsp3) is 0.405. The molecule has 48 heavy (non-hydrogen) atoms. The first-order chi connectivity index (χ1) is 23.2. The fourth-order valence-electron chi connectivity index (χ4n) is 5.70. The number of esters is 1. The molecule has 3 atom stereocenters. The van der Waals surface area contributed by atoms with Crippen LogP contribution >= 0.6 is 11.8 Å². The van der Waals surface area contributed by atoms with Crippen LogP contribution in [-0.2, 0) is 38.6 Å². The number of fused-ring (bicyclic) bond motifs is 1. The molecule has 4 aromatic rings. The molecule has 3 aromatic carbocycles. The zero-order valence-electron chi connectivity index (χ0n) is 28.2. The summed E-state index contributed by atoms with van der Waals surface area (Å²) in [4.78, 5) is 45.7. The third-order valence-electron chi connectivity index (χ3n) is 8.61. The van der Waals surface area contributed by atoms with E-state index in [9.17, 15) is 18.8 Å². The summed E-state index contributed by atoms with van der Waals surface area (Å²) < 4.78 is 20.3. The third-order valence-corrected chi connectivity index (χ3v) is 9.26. The van der Waals surface area contributed by atoms with Gasteiger partial charge < -0.3 is 19.9 Å². The predicted molar refractivity (Wildman–Crippen MR) is 189 cm³/mol. The maximum atomic E-state index is 13.5. The SMILES string of the molecule is CC[C@H](C)[C@@H](CN(CC(=O)N[C@@H](CCSC)C(=O)OC)Cc1cccc2ccccc12)NC(=O)Cc1cncn1Cc1ccc(F)cc1. The molecule has 11 heteroatoms. The molecule has 0 aliphatic heterocycles. The number of hydrogen-bond acceptors (Lipinski definition) is 7. The van der Waals surface area contributed by atoms with Gasteiger partial charge in [0.15, 0.2) is 0 Å². The van der Waals surface area contributed by atoms with Crippen molar-refractivity contribution < 1.29 is 23.5 Å². The van der Waals surface area contributed by atoms with Gasteiger partial charge in [0.25, 0.3) is 0 Å². The Morgan fingerprint density at radius 2 is 1.77 bits per heavy atom. The molecule has 0 aliphatic rings. The lowest BCUT2D eigenvalue weighted by atomic mass is 9.97. The summed E-state index contributed by atoms with van der Waals surface area (Å²) >= 11 is 1.60. The van der Waals surface area contributed by atoms with Crippen LogP contribution in [0.4, 0.5) is 4.39 Å². The maximum absolute atomic E-state index is 13.5. The number of amides is 2. The molecule has 0 aliphatic carbocycles. The third kappa shape index (κ3) is 10.6. The largest absolute Gasteiger partial charge is 0.467 e. The Labute approximate surface area is 286 Å². The van der Waals surface area contributed by atoms with E-state index in [-0.39, 0.29) is 42.6 Å². The average molecular weight is 676 g/mol. The van der Waals surface area contributed by atoms with Crippen LogP contribution in [0.15, 0.2) is 79.3 Å². The average Bonchev–Trinajstić information content (AvgIpc) is 3.52. The second-order valence-electron chi connectivity index (χ2n) is 12.1. The van der Waals surface area contributed by atoms with E-state index in [0.717, 1.165) is 34.0 Å². The molecule has 0 saturated carbocycles. The fourth-order valence-corrected chi connectivity index (χ4v) is 6.17. The number of carbonyl (C=O) groups is 3. The highest BCUT2D eigenvalue weighted by atomic mass is 32.2. The molecule has 2 N–H and O–H groups in total. The summed E-state index contributed by atoms with van der Waals surface area (Å²) in [6.45, 7) is 5.56. The molecule has 1 heterocycles. The highest BCUT2D eigenvalue weighted by Crippen LogP contribution is 2.21. The Bertz CT molecular complexity index is 1640. The first-order valence-electron chi connectivity index (χ1n) is 16.3. The number of methoxy groups -OCH3 is 1. The van der Waals surface area contributed by atoms with Crippen LogP contribution in [-0.4, -0.2) is 76.5 Å². The quantitative estimate of drug-likeness (QED) is 0.140. The van der Waals surface area contributed by atoms with Gasteiger partial charge in [0.05, 0.1) is 26.4 Å². The standard InChI is InChI=1S/C37H46FN5O4S/c1-5-26(2)34(41-35(44)19-31-20-39-25-43(31)21-27-13-15-30(38)16-14-27)23-42(22-29-11-8-10-28-9-6-7-12-32(28)29)24-36(45)40-33(17-18-48-4)37(46)47-3/h6-16,20,25-26,33-34H,5,17-19,21-24H2,1-4H3,(H,40,45)(H,41,44)/t26-,33-,34+/m0/s1. The smallest absolute Gasteiger partial charge is 0.328 e. The van der Waals surface area contributed by atoms with E-state index in [2.05, 4.69) is 53.7 Å². The van der Waals surface area contributed by atoms with Crippen LogP contribution in [0.3, 0.4) is 0 Å². The van der Waals surface area contributed by atoms with Crippen molar-refractivity contribution in [1.29, 1.82) is 0 Å². The molecule has 9 nitrogen and oxygen atoms in total. The van der Waals surface area contributed by atoms with Gasteiger partial charge in [0.2, 0.25) is 11.8 Å². The maximum Gasteiger partial charge on any atom is 0.328 e. The molecule has 1 aromatic heterocycles. The highest BCUT2D eigenvalue weighted by Gasteiger charge is 2.26. The van der Waals surface area contributed by atoms with E-state index in [4.69, 9.17) is 4.74 Å². The Balaban J connectivity index is 1.52. The van der Waals surface area contributed by atoms with Crippen molar-refractivity contribution in [2.75, 3.05) is 32.2 Å². The van der Waals surface area contributed by atoms with Gasteiger partial charge in [-0.2, -0.15) is 11.8 Å². The van der Waals surface area contributed by atoms with Crippen LogP contribution in [0.5, 0.6) is 0 Å². The Morgan fingerprint density at radius 3 is 2.50 bits per heavy atom. The molecular formula is C37H46FN5O4S. The van der Waals surface area contributed by atoms with Gasteiger partial charge in [0.1, 0.15) is 11.9 Å². The van der Waals surface area contributed by atoms with Crippen LogP contribution in [0.25, 0.3) is 10.8 Å². The van der Waals surface area contributed by atoms with Gasteiger partial charge in [0, 0.05) is 37.6 Å². The van der Waals surface area contributed by atoms with E-state index in [0.29, 0.717) is 31.8 Å². The van der Waals surface area contributed by atoms with Crippen molar-refractivity contribution in [3.63, 3.8) is 0 Å². The highest BCUT2D eigenvalue weighted by molar-refractivity contribution is 7.98. The number of imidazole rings is 1. The molecule has 4 rings (SSSR count). The lowest BCUT2D eigenvalue weighted by Crippen LogP contribution is -2.51. The molecule has 2 amide bonds. The number of carbonyl (C=O) groups excluding carboxylic acids is 3. The summed E-state index contributed by atoms with van der Waals surface area (Å²) in [6.07, 6.45) is 6.70. The monoisotopic (exact) mass is 675 g/mol. The summed E-state index contributed by atoms with van der Waals surface area (Å²) in [5.41, 5.74) is 2.70. The molecule has 0 spiro atoms. The minimum atomic E-state index is -0.737. The Kier molecular flexibility index (Phi) is 14.0. The minimum absolute atomic E-state index is 0.0310. The number of benzene rings is 3. The normalized spacial score (nSPS) is 13.2. The number of rotatable bonds is 18. The van der Waals surface area contributed by atoms with E-state index >= 15 is 0 Å². The number of ether oxygens (including phenoxy) is 1. The minimum Gasteiger partial charge on any atom is -0.467 e. The summed E-state index contributed by atoms with van der Waals surface area (Å²) in [5.74, 6) is -0.401. The van der Waals surface area contributed by atoms with Crippen molar-refractivity contribution in [1.82, 2.24) is 25.1 Å². The van der Waals surface area contributed by atoms with E-state index < -0.39 is 12.0 Å². The van der Waals surface area contributed by atoms with Gasteiger partial charge in [-0.25, -0.2) is 14.2 Å². The molecule has 256 valence electrons. The van der Waals surface area contributed by atoms with E-state index in [1.807, 2.05) is 33.9 Å². The zero-order chi connectivity index (χ0) is 34.5. The van der Waals surface area contributed by atoms with Gasteiger partial charge in [-0.05, 0) is 58.4 Å². The Morgan fingerprint density at radius 1 is 1.02 bits per heavy atom. The molecule has 0 fully saturated rings. The predicted octanol–water partition coefficient (Wildman–Crippen LogP) is 5.21. The summed E-state index contributed by atoms with van der Waals surface area (Å²) in [6, 6.07) is 19.5. The van der Waals surface area contributed by atoms with Gasteiger partial charge in [-0.1, -0.05) is 74.9 Å². The first-order valence-corrected chi connectivity index (χ1v) is 17.7. The number of halogens is 1. The number of hydrogen-bond donors (Lipinski definition) is 2. The lowest BCUT2D eigenvalue weighted by molar-refractivity contribution is -0.145. The molecule has 0 unspecified atom stereocenters. The molecular weight excluding hydrogens is 630 g/mol. The molecule has 0 radical (unpaired) electrons. The van der Waals surface area contributed by atoms with Crippen molar-refractivity contribution in [3.05, 3.63) is 102 Å².